The standard InChI is InChI=1S/C15H11ClN4OS2/c1-8-6-7-11-13(20-23-19-11)12(8)17-15(22)18-14(21)9-4-2-3-5-10(9)16/h2-7H,1H3,(H2,17,18,21,22). The van der Waals surface area contributed by atoms with Crippen molar-refractivity contribution >= 4 is 63.3 Å². The first-order valence-electron chi connectivity index (χ1n) is 6.65. The quantitative estimate of drug-likeness (QED) is 0.679. The van der Waals surface area contributed by atoms with Crippen LogP contribution < -0.4 is 10.6 Å². The molecule has 0 bridgehead atoms. The number of carbonyl (C=O) groups excluding carboxylic acids is 1. The molecule has 1 amide bonds. The van der Waals surface area contributed by atoms with Crippen molar-refractivity contribution in [2.45, 2.75) is 6.92 Å². The van der Waals surface area contributed by atoms with Crippen molar-refractivity contribution in [1.29, 1.82) is 0 Å². The minimum Gasteiger partial charge on any atom is -0.330 e. The van der Waals surface area contributed by atoms with Gasteiger partial charge in [0.1, 0.15) is 11.0 Å². The minimum absolute atomic E-state index is 0.179. The van der Waals surface area contributed by atoms with Gasteiger partial charge in [-0.1, -0.05) is 29.8 Å². The average Bonchev–Trinajstić information content (AvgIpc) is 2.99. The summed E-state index contributed by atoms with van der Waals surface area (Å²) in [5.41, 5.74) is 3.57. The number of carbonyl (C=O) groups is 1. The van der Waals surface area contributed by atoms with E-state index in [1.807, 2.05) is 19.1 Å². The van der Waals surface area contributed by atoms with Gasteiger partial charge in [0, 0.05) is 0 Å². The Bertz CT molecular complexity index is 909. The molecule has 23 heavy (non-hydrogen) atoms. The summed E-state index contributed by atoms with van der Waals surface area (Å²) in [4.78, 5) is 12.2. The van der Waals surface area contributed by atoms with Gasteiger partial charge >= 0.3 is 0 Å². The highest BCUT2D eigenvalue weighted by Gasteiger charge is 2.14. The summed E-state index contributed by atoms with van der Waals surface area (Å²) in [7, 11) is 0. The lowest BCUT2D eigenvalue weighted by molar-refractivity contribution is 0.0978. The van der Waals surface area contributed by atoms with E-state index in [2.05, 4.69) is 19.4 Å². The van der Waals surface area contributed by atoms with E-state index < -0.39 is 0 Å². The molecule has 3 rings (SSSR count). The first-order valence-corrected chi connectivity index (χ1v) is 8.16. The van der Waals surface area contributed by atoms with Crippen LogP contribution in [0, 0.1) is 6.92 Å². The Hall–Kier alpha value is -2.09. The zero-order chi connectivity index (χ0) is 16.4. The van der Waals surface area contributed by atoms with Gasteiger partial charge < -0.3 is 5.32 Å². The van der Waals surface area contributed by atoms with Crippen LogP contribution in [0.1, 0.15) is 15.9 Å². The van der Waals surface area contributed by atoms with Gasteiger partial charge in [0.05, 0.1) is 28.0 Å². The number of hydrogen-bond donors (Lipinski definition) is 2. The summed E-state index contributed by atoms with van der Waals surface area (Å²) in [6, 6.07) is 10.6. The van der Waals surface area contributed by atoms with Crippen LogP contribution in [0.4, 0.5) is 5.69 Å². The molecule has 0 aliphatic rings. The van der Waals surface area contributed by atoms with Crippen molar-refractivity contribution in [1.82, 2.24) is 14.1 Å². The molecule has 0 saturated carbocycles. The fourth-order valence-electron chi connectivity index (χ4n) is 2.07. The highest BCUT2D eigenvalue weighted by Crippen LogP contribution is 2.25. The van der Waals surface area contributed by atoms with Gasteiger partial charge in [-0.3, -0.25) is 10.1 Å². The maximum absolute atomic E-state index is 12.2. The third kappa shape index (κ3) is 3.31. The van der Waals surface area contributed by atoms with E-state index in [9.17, 15) is 4.79 Å². The number of benzene rings is 2. The Morgan fingerprint density at radius 1 is 1.22 bits per heavy atom. The molecule has 0 radical (unpaired) electrons. The summed E-state index contributed by atoms with van der Waals surface area (Å²) < 4.78 is 8.45. The Kier molecular flexibility index (Phi) is 4.51. The molecule has 116 valence electrons. The molecule has 0 fully saturated rings. The second-order valence-electron chi connectivity index (χ2n) is 4.78. The fourth-order valence-corrected chi connectivity index (χ4v) is 3.03. The van der Waals surface area contributed by atoms with Gasteiger partial charge in [-0.25, -0.2) is 0 Å². The van der Waals surface area contributed by atoms with Crippen LogP contribution in [0.3, 0.4) is 0 Å². The number of nitrogens with zero attached hydrogens (tertiary/aromatic N) is 2. The van der Waals surface area contributed by atoms with E-state index in [4.69, 9.17) is 23.8 Å². The second-order valence-corrected chi connectivity index (χ2v) is 6.12. The Morgan fingerprint density at radius 2 is 2.00 bits per heavy atom. The van der Waals surface area contributed by atoms with Crippen LogP contribution in [0.15, 0.2) is 36.4 Å². The SMILES string of the molecule is Cc1ccc2nsnc2c1NC(=S)NC(=O)c1ccccc1Cl. The Morgan fingerprint density at radius 3 is 2.78 bits per heavy atom. The van der Waals surface area contributed by atoms with Crippen LogP contribution in [0.5, 0.6) is 0 Å². The molecule has 2 aromatic carbocycles. The summed E-state index contributed by atoms with van der Waals surface area (Å²) in [6.45, 7) is 1.93. The van der Waals surface area contributed by atoms with Crippen molar-refractivity contribution in [2.75, 3.05) is 5.32 Å². The predicted molar refractivity (Wildman–Crippen MR) is 97.3 cm³/mol. The average molecular weight is 363 g/mol. The zero-order valence-corrected chi connectivity index (χ0v) is 14.4. The number of aryl methyl sites for hydroxylation is 1. The topological polar surface area (TPSA) is 66.9 Å². The molecule has 1 heterocycles. The molecule has 3 aromatic rings. The first-order chi connectivity index (χ1) is 11.1. The van der Waals surface area contributed by atoms with Gasteiger partial charge in [0.15, 0.2) is 5.11 Å². The third-order valence-electron chi connectivity index (χ3n) is 3.22. The van der Waals surface area contributed by atoms with Crippen LogP contribution in [-0.4, -0.2) is 19.8 Å². The second kappa shape index (κ2) is 6.57. The van der Waals surface area contributed by atoms with Crippen LogP contribution >= 0.6 is 35.5 Å². The molecule has 5 nitrogen and oxygen atoms in total. The summed E-state index contributed by atoms with van der Waals surface area (Å²) in [5.74, 6) is -0.366. The number of rotatable bonds is 2. The first kappa shape index (κ1) is 15.8. The third-order valence-corrected chi connectivity index (χ3v) is 4.30. The van der Waals surface area contributed by atoms with E-state index >= 15 is 0 Å². The summed E-state index contributed by atoms with van der Waals surface area (Å²) >= 11 is 12.4. The molecule has 0 atom stereocenters. The van der Waals surface area contributed by atoms with E-state index in [0.29, 0.717) is 10.6 Å². The van der Waals surface area contributed by atoms with Gasteiger partial charge in [-0.05, 0) is 42.9 Å². The van der Waals surface area contributed by atoms with Gasteiger partial charge in [0.25, 0.3) is 5.91 Å². The molecule has 0 saturated heterocycles. The molecule has 0 spiro atoms. The monoisotopic (exact) mass is 362 g/mol. The lowest BCUT2D eigenvalue weighted by Gasteiger charge is -2.12. The summed E-state index contributed by atoms with van der Waals surface area (Å²) in [6.07, 6.45) is 0. The molecule has 0 aliphatic heterocycles. The fraction of sp³-hybridized carbons (Fsp3) is 0.0667. The smallest absolute Gasteiger partial charge is 0.258 e. The Balaban J connectivity index is 1.79. The maximum Gasteiger partial charge on any atom is 0.258 e. The van der Waals surface area contributed by atoms with E-state index in [-0.39, 0.29) is 11.0 Å². The number of aromatic nitrogens is 2. The molecule has 8 heteroatoms. The van der Waals surface area contributed by atoms with Gasteiger partial charge in [-0.15, -0.1) is 0 Å². The van der Waals surface area contributed by atoms with E-state index in [0.717, 1.165) is 34.0 Å². The predicted octanol–water partition coefficient (Wildman–Crippen LogP) is 3.78. The normalized spacial score (nSPS) is 10.5. The maximum atomic E-state index is 12.2. The number of hydrogen-bond acceptors (Lipinski definition) is 5. The number of nitrogens with one attached hydrogen (secondary N) is 2. The highest BCUT2D eigenvalue weighted by molar-refractivity contribution is 7.80. The minimum atomic E-state index is -0.366. The van der Waals surface area contributed by atoms with Crippen molar-refractivity contribution < 1.29 is 4.79 Å². The van der Waals surface area contributed by atoms with E-state index in [1.54, 1.807) is 24.3 Å². The number of halogens is 1. The molecular weight excluding hydrogens is 352 g/mol. The van der Waals surface area contributed by atoms with Crippen LogP contribution in [-0.2, 0) is 0 Å². The Labute approximate surface area is 147 Å². The summed E-state index contributed by atoms with van der Waals surface area (Å²) in [5, 5.41) is 6.19. The lowest BCUT2D eigenvalue weighted by atomic mass is 10.1. The van der Waals surface area contributed by atoms with Crippen molar-refractivity contribution in [3.05, 3.63) is 52.5 Å². The van der Waals surface area contributed by atoms with Crippen LogP contribution in [0.2, 0.25) is 5.02 Å². The molecule has 0 unspecified atom stereocenters. The van der Waals surface area contributed by atoms with Crippen molar-refractivity contribution in [3.8, 4) is 0 Å². The van der Waals surface area contributed by atoms with Gasteiger partial charge in [0.2, 0.25) is 0 Å². The zero-order valence-electron chi connectivity index (χ0n) is 12.0. The lowest BCUT2D eigenvalue weighted by Crippen LogP contribution is -2.34. The van der Waals surface area contributed by atoms with E-state index in [1.165, 1.54) is 0 Å². The highest BCUT2D eigenvalue weighted by atomic mass is 35.5. The molecule has 2 N–H and O–H groups in total. The molecule has 1 aromatic heterocycles. The largest absolute Gasteiger partial charge is 0.330 e. The van der Waals surface area contributed by atoms with Gasteiger partial charge in [-0.2, -0.15) is 8.75 Å². The number of thiocarbonyl (C=S) groups is 1. The number of fused-ring (bicyclic) bond motifs is 1. The van der Waals surface area contributed by atoms with Crippen molar-refractivity contribution in [2.24, 2.45) is 0 Å². The molecule has 0 aliphatic carbocycles. The molecular formula is C15H11ClN4OS2. The van der Waals surface area contributed by atoms with Crippen molar-refractivity contribution in [3.63, 3.8) is 0 Å². The van der Waals surface area contributed by atoms with Crippen LogP contribution in [0.25, 0.3) is 11.0 Å². The number of anilines is 1. The number of amides is 1.